The van der Waals surface area contributed by atoms with E-state index in [9.17, 15) is 21.6 Å². The largest absolute Gasteiger partial charge is 0.501 e. The molecule has 0 aromatic heterocycles. The number of alkyl halides is 3. The van der Waals surface area contributed by atoms with Crippen LogP contribution in [0.25, 0.3) is 0 Å². The van der Waals surface area contributed by atoms with E-state index in [-0.39, 0.29) is 6.04 Å². The van der Waals surface area contributed by atoms with E-state index in [0.717, 1.165) is 31.6 Å². The van der Waals surface area contributed by atoms with Crippen molar-refractivity contribution in [2.45, 2.75) is 29.8 Å². The number of anilines is 1. The summed E-state index contributed by atoms with van der Waals surface area (Å²) >= 11 is 0. The number of benzene rings is 1. The first-order valence-corrected chi connectivity index (χ1v) is 8.85. The van der Waals surface area contributed by atoms with Crippen molar-refractivity contribution >= 4 is 15.5 Å². The zero-order chi connectivity index (χ0) is 17.4. The third-order valence-electron chi connectivity index (χ3n) is 4.42. The van der Waals surface area contributed by atoms with Crippen molar-refractivity contribution in [3.05, 3.63) is 24.3 Å². The molecule has 1 aliphatic heterocycles. The summed E-state index contributed by atoms with van der Waals surface area (Å²) in [5.41, 5.74) is -4.56. The number of nitrogens with zero attached hydrogens (tertiary/aromatic N) is 2. The van der Waals surface area contributed by atoms with Crippen molar-refractivity contribution in [1.82, 2.24) is 4.90 Å². The second kappa shape index (κ2) is 6.32. The Bertz CT molecular complexity index is 644. The Morgan fingerprint density at radius 1 is 1.22 bits per heavy atom. The molecule has 4 nitrogen and oxygen atoms in total. The fourth-order valence-corrected chi connectivity index (χ4v) is 3.86. The average Bonchev–Trinajstić information content (AvgIpc) is 2.45. The zero-order valence-electron chi connectivity index (χ0n) is 13.3. The van der Waals surface area contributed by atoms with Gasteiger partial charge in [-0.25, -0.2) is 8.42 Å². The highest BCUT2D eigenvalue weighted by Gasteiger charge is 2.46. The van der Waals surface area contributed by atoms with E-state index < -0.39 is 20.2 Å². The molecular weight excluding hydrogens is 329 g/mol. The highest BCUT2D eigenvalue weighted by Crippen LogP contribution is 2.32. The summed E-state index contributed by atoms with van der Waals surface area (Å²) in [5.74, 6) is 0.414. The molecule has 23 heavy (non-hydrogen) atoms. The van der Waals surface area contributed by atoms with Crippen LogP contribution >= 0.6 is 0 Å². The number of halogens is 3. The van der Waals surface area contributed by atoms with Crippen molar-refractivity contribution in [3.63, 3.8) is 0 Å². The standard InChI is InChI=1S/C15H21F3N2O2S/c1-11-10-19(2)9-8-14(11)20(3)12-4-6-13(7-5-12)23(21,22)15(16,17)18/h4-7,11,14H,8-10H2,1-3H3/t11-,14-/m1/s1. The van der Waals surface area contributed by atoms with Gasteiger partial charge in [0.15, 0.2) is 0 Å². The van der Waals surface area contributed by atoms with Crippen molar-refractivity contribution < 1.29 is 21.6 Å². The molecule has 1 heterocycles. The summed E-state index contributed by atoms with van der Waals surface area (Å²) in [4.78, 5) is 3.54. The molecule has 0 spiro atoms. The summed E-state index contributed by atoms with van der Waals surface area (Å²) in [6.45, 7) is 4.05. The van der Waals surface area contributed by atoms with Crippen LogP contribution in [0.4, 0.5) is 18.9 Å². The van der Waals surface area contributed by atoms with Crippen molar-refractivity contribution in [2.24, 2.45) is 5.92 Å². The first-order chi connectivity index (χ1) is 10.5. The number of sulfone groups is 1. The molecule has 1 aliphatic rings. The van der Waals surface area contributed by atoms with Gasteiger partial charge in [-0.3, -0.25) is 0 Å². The van der Waals surface area contributed by atoms with Gasteiger partial charge in [0.25, 0.3) is 9.84 Å². The molecule has 0 unspecified atom stereocenters. The molecule has 2 rings (SSSR count). The van der Waals surface area contributed by atoms with Gasteiger partial charge >= 0.3 is 5.51 Å². The molecule has 0 bridgehead atoms. The lowest BCUT2D eigenvalue weighted by atomic mass is 9.92. The first kappa shape index (κ1) is 18.1. The van der Waals surface area contributed by atoms with Crippen LogP contribution in [0, 0.1) is 5.92 Å². The zero-order valence-corrected chi connectivity index (χ0v) is 14.2. The molecule has 0 radical (unpaired) electrons. The van der Waals surface area contributed by atoms with Crippen LogP contribution in [0.3, 0.4) is 0 Å². The summed E-state index contributed by atoms with van der Waals surface area (Å²) in [6.07, 6.45) is 0.955. The molecular formula is C15H21F3N2O2S. The van der Waals surface area contributed by atoms with E-state index in [1.54, 1.807) is 0 Å². The molecule has 1 saturated heterocycles. The van der Waals surface area contributed by atoms with Crippen LogP contribution in [0.15, 0.2) is 29.2 Å². The molecule has 0 amide bonds. The second-order valence-electron chi connectivity index (χ2n) is 6.15. The molecule has 0 saturated carbocycles. The van der Waals surface area contributed by atoms with Gasteiger partial charge in [0, 0.05) is 25.3 Å². The van der Waals surface area contributed by atoms with Crippen LogP contribution in [-0.2, 0) is 9.84 Å². The van der Waals surface area contributed by atoms with Crippen LogP contribution in [0.5, 0.6) is 0 Å². The van der Waals surface area contributed by atoms with Gasteiger partial charge in [0.05, 0.1) is 4.90 Å². The third-order valence-corrected chi connectivity index (χ3v) is 5.92. The molecule has 0 N–H and O–H groups in total. The lowest BCUT2D eigenvalue weighted by Gasteiger charge is -2.41. The van der Waals surface area contributed by atoms with Gasteiger partial charge in [-0.15, -0.1) is 0 Å². The highest BCUT2D eigenvalue weighted by molar-refractivity contribution is 7.92. The number of hydrogen-bond acceptors (Lipinski definition) is 4. The summed E-state index contributed by atoms with van der Waals surface area (Å²) in [6, 6.07) is 5.19. The first-order valence-electron chi connectivity index (χ1n) is 7.37. The van der Waals surface area contributed by atoms with Crippen LogP contribution in [0.1, 0.15) is 13.3 Å². The Labute approximate surface area is 134 Å². The Kier molecular flexibility index (Phi) is 4.96. The summed E-state index contributed by atoms with van der Waals surface area (Å²) < 4.78 is 60.4. The molecule has 1 aromatic carbocycles. The van der Waals surface area contributed by atoms with Gasteiger partial charge in [-0.2, -0.15) is 13.2 Å². The Balaban J connectivity index is 2.20. The van der Waals surface area contributed by atoms with Gasteiger partial charge in [0.1, 0.15) is 0 Å². The number of rotatable bonds is 3. The summed E-state index contributed by atoms with van der Waals surface area (Å²) in [5, 5.41) is 0. The normalized spacial score (nSPS) is 23.7. The van der Waals surface area contributed by atoms with Gasteiger partial charge in [-0.1, -0.05) is 6.92 Å². The second-order valence-corrected chi connectivity index (χ2v) is 8.09. The molecule has 130 valence electrons. The maximum Gasteiger partial charge on any atom is 0.501 e. The van der Waals surface area contributed by atoms with E-state index in [1.807, 2.05) is 11.9 Å². The highest BCUT2D eigenvalue weighted by atomic mass is 32.2. The molecule has 0 aliphatic carbocycles. The maximum absolute atomic E-state index is 12.6. The average molecular weight is 350 g/mol. The van der Waals surface area contributed by atoms with Crippen molar-refractivity contribution in [1.29, 1.82) is 0 Å². The lowest BCUT2D eigenvalue weighted by molar-refractivity contribution is -0.0436. The van der Waals surface area contributed by atoms with E-state index in [1.165, 1.54) is 12.1 Å². The van der Waals surface area contributed by atoms with Gasteiger partial charge in [0.2, 0.25) is 0 Å². The van der Waals surface area contributed by atoms with Gasteiger partial charge in [-0.05, 0) is 50.2 Å². The maximum atomic E-state index is 12.6. The third kappa shape index (κ3) is 3.63. The topological polar surface area (TPSA) is 40.6 Å². The number of piperidine rings is 1. The van der Waals surface area contributed by atoms with E-state index in [0.29, 0.717) is 11.6 Å². The Hall–Kier alpha value is -1.28. The van der Waals surface area contributed by atoms with Crippen LogP contribution < -0.4 is 4.90 Å². The predicted octanol–water partition coefficient (Wildman–Crippen LogP) is 2.76. The Morgan fingerprint density at radius 3 is 2.26 bits per heavy atom. The lowest BCUT2D eigenvalue weighted by Crippen LogP contribution is -2.47. The minimum atomic E-state index is -5.29. The quantitative estimate of drug-likeness (QED) is 0.841. The van der Waals surface area contributed by atoms with E-state index >= 15 is 0 Å². The predicted molar refractivity (Wildman–Crippen MR) is 83.2 cm³/mol. The Morgan fingerprint density at radius 2 is 1.78 bits per heavy atom. The van der Waals surface area contributed by atoms with Crippen molar-refractivity contribution in [3.8, 4) is 0 Å². The molecule has 1 aromatic rings. The summed E-state index contributed by atoms with van der Waals surface area (Å²) in [7, 11) is -1.34. The van der Waals surface area contributed by atoms with E-state index in [4.69, 9.17) is 0 Å². The number of hydrogen-bond donors (Lipinski definition) is 0. The molecule has 2 atom stereocenters. The minimum absolute atomic E-state index is 0.274. The molecule has 8 heteroatoms. The van der Waals surface area contributed by atoms with Crippen LogP contribution in [0.2, 0.25) is 0 Å². The van der Waals surface area contributed by atoms with Gasteiger partial charge < -0.3 is 9.80 Å². The SMILES string of the molecule is C[C@@H]1CN(C)CC[C@H]1N(C)c1ccc(S(=O)(=O)C(F)(F)F)cc1. The van der Waals surface area contributed by atoms with Crippen molar-refractivity contribution in [2.75, 3.05) is 32.1 Å². The molecule has 1 fully saturated rings. The number of likely N-dealkylation sites (tertiary alicyclic amines) is 1. The fraction of sp³-hybridized carbons (Fsp3) is 0.600. The fourth-order valence-electron chi connectivity index (χ4n) is 3.10. The minimum Gasteiger partial charge on any atom is -0.371 e. The monoisotopic (exact) mass is 350 g/mol. The van der Waals surface area contributed by atoms with Crippen LogP contribution in [-0.4, -0.2) is 52.1 Å². The smallest absolute Gasteiger partial charge is 0.371 e. The van der Waals surface area contributed by atoms with E-state index in [2.05, 4.69) is 18.9 Å².